The third-order valence-corrected chi connectivity index (χ3v) is 6.29. The Labute approximate surface area is 189 Å². The number of hydrogen-bond donors (Lipinski definition) is 1. The Morgan fingerprint density at radius 2 is 1.81 bits per heavy atom. The second-order valence-corrected chi connectivity index (χ2v) is 8.94. The lowest BCUT2D eigenvalue weighted by Gasteiger charge is -2.10. The molecule has 0 aliphatic carbocycles. The van der Waals surface area contributed by atoms with E-state index in [0.29, 0.717) is 10.3 Å². The van der Waals surface area contributed by atoms with Crippen molar-refractivity contribution in [2.24, 2.45) is 0 Å². The Kier molecular flexibility index (Phi) is 6.73. The van der Waals surface area contributed by atoms with Crippen LogP contribution in [0.3, 0.4) is 0 Å². The fourth-order valence-corrected chi connectivity index (χ4v) is 4.58. The Bertz CT molecular complexity index is 1150. The van der Waals surface area contributed by atoms with E-state index in [1.807, 2.05) is 54.0 Å². The largest absolute Gasteiger partial charge is 0.300 e. The summed E-state index contributed by atoms with van der Waals surface area (Å²) in [5, 5.41) is 21.9. The topological polar surface area (TPSA) is 85.6 Å². The lowest BCUT2D eigenvalue weighted by atomic mass is 10.2. The highest BCUT2D eigenvalue weighted by molar-refractivity contribution is 7.99. The van der Waals surface area contributed by atoms with E-state index in [9.17, 15) is 4.79 Å². The van der Waals surface area contributed by atoms with E-state index in [1.165, 1.54) is 28.7 Å². The molecule has 0 fully saturated rings. The average molecular weight is 451 g/mol. The first-order valence-corrected chi connectivity index (χ1v) is 11.8. The number of nitrogens with one attached hydrogen (secondary N) is 1. The second kappa shape index (κ2) is 9.84. The number of thioether (sulfide) groups is 1. The second-order valence-electron chi connectivity index (χ2n) is 6.93. The van der Waals surface area contributed by atoms with Crippen LogP contribution in [0.4, 0.5) is 5.13 Å². The Balaban J connectivity index is 1.54. The molecule has 2 heterocycles. The molecule has 9 heteroatoms. The third kappa shape index (κ3) is 5.18. The Morgan fingerprint density at radius 3 is 2.55 bits per heavy atom. The highest BCUT2D eigenvalue weighted by Crippen LogP contribution is 2.28. The smallest absolute Gasteiger partial charge is 0.236 e. The highest BCUT2D eigenvalue weighted by Gasteiger charge is 2.17. The summed E-state index contributed by atoms with van der Waals surface area (Å²) < 4.78 is 1.98. The number of carbonyl (C=O) groups excluding carboxylic acids is 1. The van der Waals surface area contributed by atoms with E-state index in [4.69, 9.17) is 0 Å². The van der Waals surface area contributed by atoms with Crippen LogP contribution in [0.25, 0.3) is 17.1 Å². The maximum Gasteiger partial charge on any atom is 0.236 e. The fourth-order valence-electron chi connectivity index (χ4n) is 2.97. The van der Waals surface area contributed by atoms with Crippen LogP contribution in [0.15, 0.2) is 59.8 Å². The van der Waals surface area contributed by atoms with Crippen molar-refractivity contribution in [2.75, 3.05) is 11.1 Å². The van der Waals surface area contributed by atoms with Gasteiger partial charge in [0.2, 0.25) is 11.0 Å². The zero-order valence-electron chi connectivity index (χ0n) is 17.3. The lowest BCUT2D eigenvalue weighted by Crippen LogP contribution is -2.14. The Morgan fingerprint density at radius 1 is 1.03 bits per heavy atom. The molecule has 1 N–H and O–H groups in total. The monoisotopic (exact) mass is 450 g/mol. The van der Waals surface area contributed by atoms with Crippen LogP contribution in [0.1, 0.15) is 23.9 Å². The number of benzene rings is 2. The molecule has 31 heavy (non-hydrogen) atoms. The SMILES string of the molecule is CCCc1nnc(NC(=O)CSc2nnc(-c3ccccc3)n2-c2ccc(C)cc2)s1. The molecular weight excluding hydrogens is 428 g/mol. The maximum atomic E-state index is 12.5. The summed E-state index contributed by atoms with van der Waals surface area (Å²) in [6.07, 6.45) is 1.86. The normalized spacial score (nSPS) is 10.9. The summed E-state index contributed by atoms with van der Waals surface area (Å²) >= 11 is 2.75. The molecular formula is C22H22N6OS2. The lowest BCUT2D eigenvalue weighted by molar-refractivity contribution is -0.113. The minimum atomic E-state index is -0.149. The van der Waals surface area contributed by atoms with Crippen molar-refractivity contribution in [1.29, 1.82) is 0 Å². The number of rotatable bonds is 8. The molecule has 4 aromatic rings. The minimum Gasteiger partial charge on any atom is -0.300 e. The van der Waals surface area contributed by atoms with Crippen LogP contribution in [0.2, 0.25) is 0 Å². The molecule has 0 aliphatic rings. The van der Waals surface area contributed by atoms with Crippen molar-refractivity contribution in [3.8, 4) is 17.1 Å². The molecule has 4 rings (SSSR count). The van der Waals surface area contributed by atoms with Crippen molar-refractivity contribution in [3.63, 3.8) is 0 Å². The molecule has 0 spiro atoms. The van der Waals surface area contributed by atoms with E-state index in [2.05, 4.69) is 44.8 Å². The molecule has 0 radical (unpaired) electrons. The van der Waals surface area contributed by atoms with Crippen molar-refractivity contribution in [3.05, 3.63) is 65.2 Å². The molecule has 0 atom stereocenters. The molecule has 158 valence electrons. The summed E-state index contributed by atoms with van der Waals surface area (Å²) in [5.74, 6) is 0.784. The van der Waals surface area contributed by atoms with Gasteiger partial charge >= 0.3 is 0 Å². The van der Waals surface area contributed by atoms with Gasteiger partial charge in [-0.25, -0.2) is 0 Å². The van der Waals surface area contributed by atoms with Crippen molar-refractivity contribution in [1.82, 2.24) is 25.0 Å². The zero-order valence-corrected chi connectivity index (χ0v) is 18.9. The van der Waals surface area contributed by atoms with Gasteiger partial charge in [0, 0.05) is 17.7 Å². The number of nitrogens with zero attached hydrogens (tertiary/aromatic N) is 5. The summed E-state index contributed by atoms with van der Waals surface area (Å²) in [7, 11) is 0. The molecule has 0 bridgehead atoms. The molecule has 0 unspecified atom stereocenters. The molecule has 0 aliphatic heterocycles. The number of aryl methyl sites for hydroxylation is 2. The van der Waals surface area contributed by atoms with Crippen molar-refractivity contribution >= 4 is 34.1 Å². The molecule has 1 amide bonds. The Hall–Kier alpha value is -3.04. The molecule has 7 nitrogen and oxygen atoms in total. The summed E-state index contributed by atoms with van der Waals surface area (Å²) in [6, 6.07) is 18.1. The van der Waals surface area contributed by atoms with Crippen LogP contribution in [0, 0.1) is 6.92 Å². The molecule has 0 saturated heterocycles. The molecule has 2 aromatic heterocycles. The maximum absolute atomic E-state index is 12.5. The van der Waals surface area contributed by atoms with Crippen LogP contribution in [-0.2, 0) is 11.2 Å². The number of hydrogen-bond acceptors (Lipinski definition) is 7. The van der Waals surface area contributed by atoms with Crippen molar-refractivity contribution < 1.29 is 4.79 Å². The zero-order chi connectivity index (χ0) is 21.6. The first kappa shape index (κ1) is 21.2. The number of amides is 1. The number of carbonyl (C=O) groups is 1. The predicted octanol–water partition coefficient (Wildman–Crippen LogP) is 4.78. The van der Waals surface area contributed by atoms with E-state index in [-0.39, 0.29) is 11.7 Å². The van der Waals surface area contributed by atoms with E-state index in [0.717, 1.165) is 34.9 Å². The van der Waals surface area contributed by atoms with E-state index >= 15 is 0 Å². The van der Waals surface area contributed by atoms with Gasteiger partial charge in [-0.15, -0.1) is 20.4 Å². The van der Waals surface area contributed by atoms with Crippen molar-refractivity contribution in [2.45, 2.75) is 31.8 Å². The van der Waals surface area contributed by atoms with Crippen LogP contribution < -0.4 is 5.32 Å². The van der Waals surface area contributed by atoms with Gasteiger partial charge in [-0.3, -0.25) is 14.7 Å². The number of aromatic nitrogens is 5. The summed E-state index contributed by atoms with van der Waals surface area (Å²) in [6.45, 7) is 4.14. The van der Waals surface area contributed by atoms with Gasteiger partial charge in [-0.2, -0.15) is 0 Å². The van der Waals surface area contributed by atoms with Gasteiger partial charge in [0.15, 0.2) is 11.0 Å². The first-order chi connectivity index (χ1) is 15.1. The highest BCUT2D eigenvalue weighted by atomic mass is 32.2. The fraction of sp³-hybridized carbons (Fsp3) is 0.227. The predicted molar refractivity (Wildman–Crippen MR) is 125 cm³/mol. The van der Waals surface area contributed by atoms with Crippen LogP contribution in [0.5, 0.6) is 0 Å². The van der Waals surface area contributed by atoms with E-state index in [1.54, 1.807) is 0 Å². The van der Waals surface area contributed by atoms with Gasteiger partial charge in [-0.1, -0.05) is 78.1 Å². The first-order valence-electron chi connectivity index (χ1n) is 9.97. The van der Waals surface area contributed by atoms with Gasteiger partial charge in [0.05, 0.1) is 5.75 Å². The quantitative estimate of drug-likeness (QED) is 0.389. The average Bonchev–Trinajstić information content (AvgIpc) is 3.41. The van der Waals surface area contributed by atoms with Gasteiger partial charge in [0.25, 0.3) is 0 Å². The van der Waals surface area contributed by atoms with Gasteiger partial charge in [0.1, 0.15) is 5.01 Å². The number of anilines is 1. The van der Waals surface area contributed by atoms with Crippen LogP contribution >= 0.6 is 23.1 Å². The summed E-state index contributed by atoms with van der Waals surface area (Å²) in [4.78, 5) is 12.5. The van der Waals surface area contributed by atoms with Gasteiger partial charge < -0.3 is 0 Å². The minimum absolute atomic E-state index is 0.149. The molecule has 0 saturated carbocycles. The van der Waals surface area contributed by atoms with Gasteiger partial charge in [-0.05, 0) is 25.5 Å². The summed E-state index contributed by atoms with van der Waals surface area (Å²) in [5.41, 5.74) is 3.08. The third-order valence-electron chi connectivity index (χ3n) is 4.47. The standard InChI is InChI=1S/C22H22N6OS2/c1-3-7-19-24-26-21(31-19)23-18(29)14-30-22-27-25-20(16-8-5-4-6-9-16)28(22)17-12-10-15(2)11-13-17/h4-6,8-13H,3,7,14H2,1-2H3,(H,23,26,29). The molecule has 2 aromatic carbocycles. The van der Waals surface area contributed by atoms with Crippen LogP contribution in [-0.4, -0.2) is 36.6 Å². The van der Waals surface area contributed by atoms with E-state index < -0.39 is 0 Å².